The van der Waals surface area contributed by atoms with Gasteiger partial charge in [0.2, 0.25) is 11.0 Å². The van der Waals surface area contributed by atoms with Gasteiger partial charge in [0.15, 0.2) is 0 Å². The Bertz CT molecular complexity index is 746. The van der Waals surface area contributed by atoms with Crippen molar-refractivity contribution in [3.8, 4) is 0 Å². The van der Waals surface area contributed by atoms with Crippen LogP contribution < -0.4 is 10.2 Å². The summed E-state index contributed by atoms with van der Waals surface area (Å²) in [7, 11) is 0. The van der Waals surface area contributed by atoms with E-state index in [1.165, 1.54) is 23.7 Å². The molecule has 2 heterocycles. The average Bonchev–Trinajstić information content (AvgIpc) is 3.25. The summed E-state index contributed by atoms with van der Waals surface area (Å²) in [5.41, 5.74) is 0.970. The predicted molar refractivity (Wildman–Crippen MR) is 102 cm³/mol. The summed E-state index contributed by atoms with van der Waals surface area (Å²) in [5.74, 6) is 0.928. The molecule has 1 aromatic heterocycles. The number of anilines is 1. The predicted octanol–water partition coefficient (Wildman–Crippen LogP) is 3.40. The highest BCUT2D eigenvalue weighted by atomic mass is 32.1. The Hall–Kier alpha value is -2.02. The normalized spacial score (nSPS) is 18.3. The first-order chi connectivity index (χ1) is 12.4. The second-order valence-electron chi connectivity index (χ2n) is 7.19. The third-order valence-electron chi connectivity index (χ3n) is 4.90. The number of amides is 1. The molecule has 0 saturated carbocycles. The third-order valence-corrected chi connectivity index (χ3v) is 5.70. The van der Waals surface area contributed by atoms with Gasteiger partial charge in [-0.1, -0.05) is 26.0 Å². The standard InChI is InChI=1S/C19H25FN4OS/c1-12(2)13(3)21-18(25)16-5-4-10-24(16)19-22-17(23-26-19)11-14-6-8-15(20)9-7-14/h6-9,12-13,16H,4-5,10-11H2,1-3H3,(H,21,25). The Balaban J connectivity index is 1.67. The minimum absolute atomic E-state index is 0.0685. The van der Waals surface area contributed by atoms with Crippen molar-refractivity contribution in [3.63, 3.8) is 0 Å². The van der Waals surface area contributed by atoms with E-state index in [0.29, 0.717) is 18.2 Å². The lowest BCUT2D eigenvalue weighted by molar-refractivity contribution is -0.123. The molecule has 0 spiro atoms. The zero-order valence-corrected chi connectivity index (χ0v) is 16.2. The monoisotopic (exact) mass is 376 g/mol. The molecule has 2 aromatic rings. The number of nitrogens with one attached hydrogen (secondary N) is 1. The molecule has 1 N–H and O–H groups in total. The molecule has 0 aliphatic carbocycles. The molecule has 140 valence electrons. The smallest absolute Gasteiger partial charge is 0.243 e. The van der Waals surface area contributed by atoms with Crippen LogP contribution >= 0.6 is 11.5 Å². The lowest BCUT2D eigenvalue weighted by Crippen LogP contribution is -2.47. The molecule has 26 heavy (non-hydrogen) atoms. The van der Waals surface area contributed by atoms with Crippen molar-refractivity contribution >= 4 is 22.6 Å². The van der Waals surface area contributed by atoms with Gasteiger partial charge in [-0.3, -0.25) is 4.79 Å². The first-order valence-corrected chi connectivity index (χ1v) is 9.85. The minimum Gasteiger partial charge on any atom is -0.352 e. The van der Waals surface area contributed by atoms with Gasteiger partial charge in [-0.05, 0) is 43.4 Å². The van der Waals surface area contributed by atoms with Crippen molar-refractivity contribution < 1.29 is 9.18 Å². The van der Waals surface area contributed by atoms with E-state index >= 15 is 0 Å². The van der Waals surface area contributed by atoms with E-state index < -0.39 is 0 Å². The Morgan fingerprint density at radius 2 is 2.08 bits per heavy atom. The molecular weight excluding hydrogens is 351 g/mol. The summed E-state index contributed by atoms with van der Waals surface area (Å²) in [6.07, 6.45) is 2.37. The molecule has 0 bridgehead atoms. The highest BCUT2D eigenvalue weighted by Crippen LogP contribution is 2.28. The Labute approximate surface area is 157 Å². The fourth-order valence-electron chi connectivity index (χ4n) is 2.97. The molecule has 1 aliphatic rings. The second kappa shape index (κ2) is 8.12. The van der Waals surface area contributed by atoms with Crippen LogP contribution in [0.5, 0.6) is 0 Å². The molecule has 1 fully saturated rings. The Kier molecular flexibility index (Phi) is 5.86. The molecule has 1 amide bonds. The van der Waals surface area contributed by atoms with Gasteiger partial charge >= 0.3 is 0 Å². The van der Waals surface area contributed by atoms with Gasteiger partial charge in [0.25, 0.3) is 0 Å². The summed E-state index contributed by atoms with van der Waals surface area (Å²) in [4.78, 5) is 19.3. The SMILES string of the molecule is CC(C)C(C)NC(=O)C1CCCN1c1nc(Cc2ccc(F)cc2)ns1. The Morgan fingerprint density at radius 1 is 1.35 bits per heavy atom. The molecule has 0 radical (unpaired) electrons. The van der Waals surface area contributed by atoms with Crippen LogP contribution in [0.4, 0.5) is 9.52 Å². The molecule has 1 aromatic carbocycles. The van der Waals surface area contributed by atoms with Crippen LogP contribution in [0.2, 0.25) is 0 Å². The van der Waals surface area contributed by atoms with Crippen LogP contribution in [-0.4, -0.2) is 33.9 Å². The molecule has 1 saturated heterocycles. The van der Waals surface area contributed by atoms with E-state index in [1.54, 1.807) is 12.1 Å². The third kappa shape index (κ3) is 4.38. The number of hydrogen-bond acceptors (Lipinski definition) is 5. The van der Waals surface area contributed by atoms with Crippen LogP contribution in [-0.2, 0) is 11.2 Å². The first kappa shape index (κ1) is 18.8. The largest absolute Gasteiger partial charge is 0.352 e. The fraction of sp³-hybridized carbons (Fsp3) is 0.526. The maximum atomic E-state index is 13.0. The van der Waals surface area contributed by atoms with Crippen molar-refractivity contribution in [1.29, 1.82) is 0 Å². The quantitative estimate of drug-likeness (QED) is 0.839. The van der Waals surface area contributed by atoms with Gasteiger partial charge in [-0.25, -0.2) is 9.37 Å². The van der Waals surface area contributed by atoms with Crippen molar-refractivity contribution in [1.82, 2.24) is 14.7 Å². The molecule has 1 aliphatic heterocycles. The maximum absolute atomic E-state index is 13.0. The first-order valence-electron chi connectivity index (χ1n) is 9.08. The average molecular weight is 377 g/mol. The van der Waals surface area contributed by atoms with Crippen LogP contribution in [0.1, 0.15) is 45.0 Å². The van der Waals surface area contributed by atoms with Gasteiger partial charge in [0.1, 0.15) is 17.7 Å². The lowest BCUT2D eigenvalue weighted by Gasteiger charge is -2.25. The number of carbonyl (C=O) groups is 1. The summed E-state index contributed by atoms with van der Waals surface area (Å²) in [6, 6.07) is 6.35. The van der Waals surface area contributed by atoms with Crippen molar-refractivity contribution in [3.05, 3.63) is 41.5 Å². The number of carbonyl (C=O) groups excluding carboxylic acids is 1. The molecule has 7 heteroatoms. The number of rotatable bonds is 6. The van der Waals surface area contributed by atoms with Crippen LogP contribution in [0.3, 0.4) is 0 Å². The second-order valence-corrected chi connectivity index (χ2v) is 7.92. The molecule has 2 atom stereocenters. The number of nitrogens with zero attached hydrogens (tertiary/aromatic N) is 3. The highest BCUT2D eigenvalue weighted by Gasteiger charge is 2.33. The molecular formula is C19H25FN4OS. The van der Waals surface area contributed by atoms with Gasteiger partial charge in [0.05, 0.1) is 0 Å². The van der Waals surface area contributed by atoms with Crippen molar-refractivity contribution in [2.45, 2.75) is 52.1 Å². The van der Waals surface area contributed by atoms with Gasteiger partial charge in [-0.2, -0.15) is 4.37 Å². The van der Waals surface area contributed by atoms with E-state index in [2.05, 4.69) is 33.4 Å². The number of aromatic nitrogens is 2. The molecule has 3 rings (SSSR count). The molecule has 2 unspecified atom stereocenters. The van der Waals surface area contributed by atoms with Crippen molar-refractivity contribution in [2.75, 3.05) is 11.4 Å². The van der Waals surface area contributed by atoms with Gasteiger partial charge < -0.3 is 10.2 Å². The highest BCUT2D eigenvalue weighted by molar-refractivity contribution is 7.09. The minimum atomic E-state index is -0.248. The molecule has 5 nitrogen and oxygen atoms in total. The number of halogens is 1. The number of hydrogen-bond donors (Lipinski definition) is 1. The van der Waals surface area contributed by atoms with E-state index in [4.69, 9.17) is 0 Å². The fourth-order valence-corrected chi connectivity index (χ4v) is 3.74. The summed E-state index contributed by atoms with van der Waals surface area (Å²) in [5, 5.41) is 3.90. The summed E-state index contributed by atoms with van der Waals surface area (Å²) >= 11 is 1.33. The van der Waals surface area contributed by atoms with Gasteiger partial charge in [0, 0.05) is 30.5 Å². The lowest BCUT2D eigenvalue weighted by atomic mass is 10.1. The maximum Gasteiger partial charge on any atom is 0.243 e. The van der Waals surface area contributed by atoms with Crippen LogP contribution in [0.15, 0.2) is 24.3 Å². The van der Waals surface area contributed by atoms with Crippen molar-refractivity contribution in [2.24, 2.45) is 5.92 Å². The van der Waals surface area contributed by atoms with Crippen LogP contribution in [0, 0.1) is 11.7 Å². The number of benzene rings is 1. The van der Waals surface area contributed by atoms with E-state index in [1.807, 2.05) is 6.92 Å². The summed E-state index contributed by atoms with van der Waals surface area (Å²) in [6.45, 7) is 7.06. The summed E-state index contributed by atoms with van der Waals surface area (Å²) < 4.78 is 17.4. The van der Waals surface area contributed by atoms with Gasteiger partial charge in [-0.15, -0.1) is 0 Å². The van der Waals surface area contributed by atoms with E-state index in [0.717, 1.165) is 30.1 Å². The topological polar surface area (TPSA) is 58.1 Å². The zero-order valence-electron chi connectivity index (χ0n) is 15.4. The zero-order chi connectivity index (χ0) is 18.7. The van der Waals surface area contributed by atoms with Crippen LogP contribution in [0.25, 0.3) is 0 Å². The Morgan fingerprint density at radius 3 is 2.77 bits per heavy atom. The van der Waals surface area contributed by atoms with E-state index in [-0.39, 0.29) is 23.8 Å². The van der Waals surface area contributed by atoms with E-state index in [9.17, 15) is 9.18 Å².